The largest absolute Gasteiger partial charge is 0.465 e. The average Bonchev–Trinajstić information content (AvgIpc) is 2.49. The van der Waals surface area contributed by atoms with Crippen molar-refractivity contribution in [2.45, 2.75) is 0 Å². The Morgan fingerprint density at radius 3 is 2.90 bits per heavy atom. The van der Waals surface area contributed by atoms with Crippen LogP contribution in [0.1, 0.15) is 15.9 Å². The van der Waals surface area contributed by atoms with Gasteiger partial charge in [0.1, 0.15) is 23.3 Å². The highest BCUT2D eigenvalue weighted by atomic mass is 19.1. The molecule has 106 valence electrons. The summed E-state index contributed by atoms with van der Waals surface area (Å²) in [6.07, 6.45) is 1.35. The Morgan fingerprint density at radius 1 is 1.48 bits per heavy atom. The molecule has 0 saturated heterocycles. The Kier molecular flexibility index (Phi) is 4.00. The van der Waals surface area contributed by atoms with E-state index in [0.29, 0.717) is 11.4 Å². The zero-order chi connectivity index (χ0) is 15.4. The van der Waals surface area contributed by atoms with Crippen LogP contribution < -0.4 is 11.1 Å². The fraction of sp³-hybridized carbons (Fsp3) is 0.0714. The SMILES string of the molecule is COC(=O)c1cc(N)cnc1Nc1ccc(F)cc1C#N. The molecular formula is C14H11FN4O2. The maximum absolute atomic E-state index is 13.1. The number of carbonyl (C=O) groups is 1. The lowest BCUT2D eigenvalue weighted by Gasteiger charge is -2.11. The molecule has 0 unspecified atom stereocenters. The van der Waals surface area contributed by atoms with Gasteiger partial charge < -0.3 is 15.8 Å². The van der Waals surface area contributed by atoms with E-state index in [4.69, 9.17) is 11.0 Å². The Bertz CT molecular complexity index is 740. The zero-order valence-corrected chi connectivity index (χ0v) is 11.1. The van der Waals surface area contributed by atoms with Gasteiger partial charge in [-0.3, -0.25) is 0 Å². The van der Waals surface area contributed by atoms with Crippen molar-refractivity contribution >= 4 is 23.2 Å². The highest BCUT2D eigenvalue weighted by Gasteiger charge is 2.15. The number of carbonyl (C=O) groups excluding carboxylic acids is 1. The van der Waals surface area contributed by atoms with E-state index in [1.807, 2.05) is 6.07 Å². The molecule has 0 saturated carbocycles. The summed E-state index contributed by atoms with van der Waals surface area (Å²) in [6.45, 7) is 0. The molecule has 21 heavy (non-hydrogen) atoms. The van der Waals surface area contributed by atoms with Crippen LogP contribution in [0.25, 0.3) is 0 Å². The molecule has 1 aromatic carbocycles. The van der Waals surface area contributed by atoms with Gasteiger partial charge in [-0.05, 0) is 24.3 Å². The minimum atomic E-state index is -0.627. The first-order valence-electron chi connectivity index (χ1n) is 5.85. The fourth-order valence-corrected chi connectivity index (χ4v) is 1.69. The van der Waals surface area contributed by atoms with Crippen molar-refractivity contribution in [3.8, 4) is 6.07 Å². The second kappa shape index (κ2) is 5.88. The first kappa shape index (κ1) is 14.3. The summed E-state index contributed by atoms with van der Waals surface area (Å²) in [4.78, 5) is 15.7. The quantitative estimate of drug-likeness (QED) is 0.839. The van der Waals surface area contributed by atoms with Crippen molar-refractivity contribution in [2.75, 3.05) is 18.2 Å². The number of ether oxygens (including phenoxy) is 1. The van der Waals surface area contributed by atoms with Gasteiger partial charge in [-0.2, -0.15) is 5.26 Å². The van der Waals surface area contributed by atoms with Gasteiger partial charge in [-0.25, -0.2) is 14.2 Å². The van der Waals surface area contributed by atoms with Gasteiger partial charge in [0.15, 0.2) is 0 Å². The van der Waals surface area contributed by atoms with E-state index in [-0.39, 0.29) is 16.9 Å². The first-order valence-corrected chi connectivity index (χ1v) is 5.85. The summed E-state index contributed by atoms with van der Waals surface area (Å²) in [5, 5.41) is 11.8. The van der Waals surface area contributed by atoms with Gasteiger partial charge in [0, 0.05) is 0 Å². The van der Waals surface area contributed by atoms with E-state index in [2.05, 4.69) is 15.0 Å². The number of halogens is 1. The van der Waals surface area contributed by atoms with E-state index < -0.39 is 11.8 Å². The molecule has 0 amide bonds. The number of methoxy groups -OCH3 is 1. The number of hydrogen-bond donors (Lipinski definition) is 2. The molecule has 2 aromatic rings. The highest BCUT2D eigenvalue weighted by molar-refractivity contribution is 5.96. The van der Waals surface area contributed by atoms with Crippen molar-refractivity contribution < 1.29 is 13.9 Å². The molecule has 0 aliphatic rings. The number of rotatable bonds is 3. The summed E-state index contributed by atoms with van der Waals surface area (Å²) in [6, 6.07) is 6.91. The maximum atomic E-state index is 13.1. The monoisotopic (exact) mass is 286 g/mol. The normalized spacial score (nSPS) is 9.76. The predicted molar refractivity (Wildman–Crippen MR) is 74.4 cm³/mol. The number of nitriles is 1. The summed E-state index contributed by atoms with van der Waals surface area (Å²) in [5.41, 5.74) is 6.41. The second-order valence-corrected chi connectivity index (χ2v) is 4.08. The molecule has 0 aliphatic carbocycles. The molecule has 1 aromatic heterocycles. The maximum Gasteiger partial charge on any atom is 0.341 e. The Labute approximate surface area is 120 Å². The number of pyridine rings is 1. The van der Waals surface area contributed by atoms with Crippen molar-refractivity contribution in [3.05, 3.63) is 47.4 Å². The molecule has 0 fully saturated rings. The van der Waals surface area contributed by atoms with Crippen LogP contribution in [0.5, 0.6) is 0 Å². The standard InChI is InChI=1S/C14H11FN4O2/c1-21-14(20)11-5-10(17)7-18-13(11)19-12-3-2-9(15)4-8(12)6-16/h2-5,7H,17H2,1H3,(H,18,19). The fourth-order valence-electron chi connectivity index (χ4n) is 1.69. The molecular weight excluding hydrogens is 275 g/mol. The number of nitrogen functional groups attached to an aromatic ring is 1. The van der Waals surface area contributed by atoms with Crippen LogP contribution in [-0.4, -0.2) is 18.1 Å². The van der Waals surface area contributed by atoms with Crippen molar-refractivity contribution in [1.82, 2.24) is 4.98 Å². The first-order chi connectivity index (χ1) is 10.0. The van der Waals surface area contributed by atoms with E-state index >= 15 is 0 Å². The molecule has 1 heterocycles. The molecule has 6 nitrogen and oxygen atoms in total. The lowest BCUT2D eigenvalue weighted by Crippen LogP contribution is -2.09. The number of aromatic nitrogens is 1. The van der Waals surface area contributed by atoms with E-state index in [1.165, 1.54) is 31.5 Å². The van der Waals surface area contributed by atoms with Crippen LogP contribution in [-0.2, 0) is 4.74 Å². The van der Waals surface area contributed by atoms with Crippen molar-refractivity contribution in [1.29, 1.82) is 5.26 Å². The lowest BCUT2D eigenvalue weighted by atomic mass is 10.1. The Hall–Kier alpha value is -3.14. The van der Waals surface area contributed by atoms with Crippen LogP contribution in [0.4, 0.5) is 21.6 Å². The smallest absolute Gasteiger partial charge is 0.341 e. The van der Waals surface area contributed by atoms with Crippen LogP contribution in [0.3, 0.4) is 0 Å². The molecule has 0 radical (unpaired) electrons. The second-order valence-electron chi connectivity index (χ2n) is 4.08. The third kappa shape index (κ3) is 3.06. The van der Waals surface area contributed by atoms with Gasteiger partial charge in [0.2, 0.25) is 0 Å². The van der Waals surface area contributed by atoms with Crippen LogP contribution >= 0.6 is 0 Å². The van der Waals surface area contributed by atoms with Crippen LogP contribution in [0.2, 0.25) is 0 Å². The van der Waals surface area contributed by atoms with Crippen LogP contribution in [0, 0.1) is 17.1 Å². The third-order valence-corrected chi connectivity index (χ3v) is 2.67. The minimum absolute atomic E-state index is 0.0874. The topological polar surface area (TPSA) is 101 Å². The highest BCUT2D eigenvalue weighted by Crippen LogP contribution is 2.24. The number of nitrogens with two attached hydrogens (primary N) is 1. The van der Waals surface area contributed by atoms with Crippen LogP contribution in [0.15, 0.2) is 30.5 Å². The Morgan fingerprint density at radius 2 is 2.24 bits per heavy atom. The number of benzene rings is 1. The number of nitrogens with one attached hydrogen (secondary N) is 1. The Balaban J connectivity index is 2.45. The average molecular weight is 286 g/mol. The van der Waals surface area contributed by atoms with Gasteiger partial charge in [-0.1, -0.05) is 0 Å². The lowest BCUT2D eigenvalue weighted by molar-refractivity contribution is 0.0601. The van der Waals surface area contributed by atoms with Gasteiger partial charge in [0.25, 0.3) is 0 Å². The van der Waals surface area contributed by atoms with Gasteiger partial charge in [-0.15, -0.1) is 0 Å². The molecule has 0 atom stereocenters. The van der Waals surface area contributed by atoms with E-state index in [9.17, 15) is 9.18 Å². The number of hydrogen-bond acceptors (Lipinski definition) is 6. The summed E-state index contributed by atoms with van der Waals surface area (Å²) < 4.78 is 17.7. The van der Waals surface area contributed by atoms with Gasteiger partial charge in [0.05, 0.1) is 30.2 Å². The molecule has 7 heteroatoms. The number of anilines is 3. The van der Waals surface area contributed by atoms with E-state index in [1.54, 1.807) is 0 Å². The summed E-state index contributed by atoms with van der Waals surface area (Å²) in [7, 11) is 1.23. The molecule has 0 aliphatic heterocycles. The van der Waals surface area contributed by atoms with E-state index in [0.717, 1.165) is 6.07 Å². The van der Waals surface area contributed by atoms with Crippen molar-refractivity contribution in [2.24, 2.45) is 0 Å². The minimum Gasteiger partial charge on any atom is -0.465 e. The summed E-state index contributed by atoms with van der Waals surface area (Å²) in [5.74, 6) is -0.993. The molecule has 2 rings (SSSR count). The molecule has 3 N–H and O–H groups in total. The molecule has 0 bridgehead atoms. The number of nitrogens with zero attached hydrogens (tertiary/aromatic N) is 2. The zero-order valence-electron chi connectivity index (χ0n) is 11.1. The molecule has 0 spiro atoms. The summed E-state index contributed by atoms with van der Waals surface area (Å²) >= 11 is 0. The predicted octanol–water partition coefficient (Wildman–Crippen LogP) is 2.20. The van der Waals surface area contributed by atoms with Gasteiger partial charge >= 0.3 is 5.97 Å². The van der Waals surface area contributed by atoms with Crippen molar-refractivity contribution in [3.63, 3.8) is 0 Å². The third-order valence-electron chi connectivity index (χ3n) is 2.67. The number of esters is 1.